The van der Waals surface area contributed by atoms with Crippen LogP contribution in [0.1, 0.15) is 15.9 Å². The van der Waals surface area contributed by atoms with Gasteiger partial charge in [-0.1, -0.05) is 46.0 Å². The zero-order valence-corrected chi connectivity index (χ0v) is 16.7. The van der Waals surface area contributed by atoms with Crippen LogP contribution in [0, 0.1) is 0 Å². The van der Waals surface area contributed by atoms with Crippen LogP contribution in [0.15, 0.2) is 45.8 Å². The van der Waals surface area contributed by atoms with Crippen molar-refractivity contribution in [3.8, 4) is 11.5 Å². The molecule has 4 rings (SSSR count). The highest BCUT2D eigenvalue weighted by Gasteiger charge is 2.34. The Balaban J connectivity index is 1.68. The van der Waals surface area contributed by atoms with Crippen molar-refractivity contribution in [2.24, 2.45) is 0 Å². The maximum atomic E-state index is 12.9. The number of carbonyl (C=O) groups excluding carboxylic acids is 1. The normalized spacial score (nSPS) is 17.1. The van der Waals surface area contributed by atoms with Crippen molar-refractivity contribution in [2.75, 3.05) is 11.7 Å². The molecule has 2 aliphatic rings. The minimum absolute atomic E-state index is 0.0871. The number of benzene rings is 2. The first-order valence-corrected chi connectivity index (χ1v) is 9.66. The number of thioether (sulfide) groups is 1. The first-order chi connectivity index (χ1) is 12.9. The summed E-state index contributed by atoms with van der Waals surface area (Å²) in [5, 5.41) is 9.16. The molecular weight excluding hydrogens is 454 g/mol. The summed E-state index contributed by atoms with van der Waals surface area (Å²) >= 11 is 9.96. The number of anilines is 1. The van der Waals surface area contributed by atoms with Crippen molar-refractivity contribution in [1.29, 1.82) is 0 Å². The fraction of sp³-hybridized carbons (Fsp3) is 0.0556. The molecule has 2 aromatic carbocycles. The Morgan fingerprint density at radius 2 is 2.00 bits per heavy atom. The molecule has 0 spiro atoms. The number of nitrogens with zero attached hydrogens (tertiary/aromatic N) is 1. The molecule has 1 amide bonds. The van der Waals surface area contributed by atoms with E-state index in [0.29, 0.717) is 26.4 Å². The van der Waals surface area contributed by atoms with E-state index < -0.39 is 5.97 Å². The Kier molecular flexibility index (Phi) is 4.67. The van der Waals surface area contributed by atoms with Gasteiger partial charge >= 0.3 is 5.97 Å². The van der Waals surface area contributed by atoms with Gasteiger partial charge in [-0.15, -0.1) is 0 Å². The molecule has 2 aliphatic heterocycles. The van der Waals surface area contributed by atoms with Crippen LogP contribution in [0.3, 0.4) is 0 Å². The summed E-state index contributed by atoms with van der Waals surface area (Å²) in [6.07, 6.45) is 1.71. The van der Waals surface area contributed by atoms with Crippen molar-refractivity contribution in [3.63, 3.8) is 0 Å². The lowest BCUT2D eigenvalue weighted by molar-refractivity contribution is -0.113. The highest BCUT2D eigenvalue weighted by atomic mass is 79.9. The molecular formula is C18H10BrNO5S2. The predicted octanol–water partition coefficient (Wildman–Crippen LogP) is 4.28. The number of hydrogen-bond acceptors (Lipinski definition) is 6. The quantitative estimate of drug-likeness (QED) is 0.537. The predicted molar refractivity (Wildman–Crippen MR) is 109 cm³/mol. The average molecular weight is 464 g/mol. The van der Waals surface area contributed by atoms with Gasteiger partial charge in [0.1, 0.15) is 0 Å². The van der Waals surface area contributed by atoms with E-state index in [1.54, 1.807) is 30.3 Å². The second kappa shape index (κ2) is 6.99. The van der Waals surface area contributed by atoms with Crippen LogP contribution in [-0.4, -0.2) is 28.1 Å². The fourth-order valence-corrected chi connectivity index (χ4v) is 4.38. The van der Waals surface area contributed by atoms with Crippen molar-refractivity contribution >= 4 is 67.9 Å². The Hall–Kier alpha value is -2.36. The largest absolute Gasteiger partial charge is 0.478 e. The van der Waals surface area contributed by atoms with Gasteiger partial charge in [-0.3, -0.25) is 9.69 Å². The summed E-state index contributed by atoms with van der Waals surface area (Å²) in [6.45, 7) is 0.160. The third-order valence-electron chi connectivity index (χ3n) is 3.92. The van der Waals surface area contributed by atoms with Crippen molar-refractivity contribution in [1.82, 2.24) is 0 Å². The van der Waals surface area contributed by atoms with Crippen LogP contribution in [-0.2, 0) is 4.79 Å². The van der Waals surface area contributed by atoms with Crippen LogP contribution in [0.4, 0.5) is 5.69 Å². The van der Waals surface area contributed by atoms with Gasteiger partial charge in [0, 0.05) is 4.47 Å². The van der Waals surface area contributed by atoms with E-state index in [9.17, 15) is 9.59 Å². The first kappa shape index (κ1) is 18.0. The van der Waals surface area contributed by atoms with E-state index in [1.807, 2.05) is 0 Å². The molecule has 6 nitrogen and oxygen atoms in total. The van der Waals surface area contributed by atoms with E-state index in [4.69, 9.17) is 26.8 Å². The standard InChI is InChI=1S/C18H10BrNO5S2/c19-12-7-14-13(24-8-25-14)5-10(12)6-15-16(21)20(18(26)27-15)11-3-1-2-9(4-11)17(22)23/h1-7H,8H2,(H,22,23)/b15-6+. The zero-order chi connectivity index (χ0) is 19.1. The van der Waals surface area contributed by atoms with Gasteiger partial charge in [0.2, 0.25) is 6.79 Å². The molecule has 0 aliphatic carbocycles. The van der Waals surface area contributed by atoms with Gasteiger partial charge in [0.15, 0.2) is 15.8 Å². The summed E-state index contributed by atoms with van der Waals surface area (Å²) in [4.78, 5) is 25.8. The molecule has 1 fully saturated rings. The summed E-state index contributed by atoms with van der Waals surface area (Å²) in [5.74, 6) is -0.134. The highest BCUT2D eigenvalue weighted by molar-refractivity contribution is 9.10. The second-order valence-corrected chi connectivity index (χ2v) is 8.13. The number of thiocarbonyl (C=S) groups is 1. The van der Waals surface area contributed by atoms with Crippen LogP contribution >= 0.6 is 39.9 Å². The third kappa shape index (κ3) is 3.33. The molecule has 1 N–H and O–H groups in total. The van der Waals surface area contributed by atoms with Crippen LogP contribution in [0.2, 0.25) is 0 Å². The number of carbonyl (C=O) groups is 2. The molecule has 2 aromatic rings. The third-order valence-corrected chi connectivity index (χ3v) is 5.91. The van der Waals surface area contributed by atoms with Gasteiger partial charge < -0.3 is 14.6 Å². The van der Waals surface area contributed by atoms with Gasteiger partial charge in [-0.25, -0.2) is 4.79 Å². The molecule has 0 saturated carbocycles. The number of halogens is 1. The Labute approximate surface area is 171 Å². The Bertz CT molecular complexity index is 1040. The first-order valence-electron chi connectivity index (χ1n) is 7.64. The molecule has 0 bridgehead atoms. The number of fused-ring (bicyclic) bond motifs is 1. The molecule has 2 heterocycles. The molecule has 1 saturated heterocycles. The van der Waals surface area contributed by atoms with Crippen LogP contribution in [0.5, 0.6) is 11.5 Å². The monoisotopic (exact) mass is 463 g/mol. The summed E-state index contributed by atoms with van der Waals surface area (Å²) < 4.78 is 11.8. The summed E-state index contributed by atoms with van der Waals surface area (Å²) in [7, 11) is 0. The molecule has 9 heteroatoms. The lowest BCUT2D eigenvalue weighted by atomic mass is 10.1. The number of amides is 1. The van der Waals surface area contributed by atoms with Gasteiger partial charge in [-0.05, 0) is 42.0 Å². The number of carboxylic acids is 1. The summed E-state index contributed by atoms with van der Waals surface area (Å²) in [6, 6.07) is 9.68. The topological polar surface area (TPSA) is 76.1 Å². The molecule has 0 aromatic heterocycles. The molecule has 27 heavy (non-hydrogen) atoms. The Morgan fingerprint density at radius 1 is 1.26 bits per heavy atom. The Morgan fingerprint density at radius 3 is 2.74 bits per heavy atom. The van der Waals surface area contributed by atoms with E-state index in [2.05, 4.69) is 15.9 Å². The number of hydrogen-bond donors (Lipinski definition) is 1. The smallest absolute Gasteiger partial charge is 0.335 e. The van der Waals surface area contributed by atoms with E-state index in [1.165, 1.54) is 17.0 Å². The number of carboxylic acid groups (broad SMARTS) is 1. The van der Waals surface area contributed by atoms with Gasteiger partial charge in [0.05, 0.1) is 16.2 Å². The SMILES string of the molecule is O=C(O)c1cccc(N2C(=O)/C(=C\c3cc4c(cc3Br)OCO4)SC2=S)c1. The van der Waals surface area contributed by atoms with Gasteiger partial charge in [0.25, 0.3) is 5.91 Å². The van der Waals surface area contributed by atoms with Crippen molar-refractivity contribution < 1.29 is 24.2 Å². The zero-order valence-electron chi connectivity index (χ0n) is 13.5. The van der Waals surface area contributed by atoms with Crippen LogP contribution < -0.4 is 14.4 Å². The highest BCUT2D eigenvalue weighted by Crippen LogP contribution is 2.41. The molecule has 136 valence electrons. The van der Waals surface area contributed by atoms with E-state index in [-0.39, 0.29) is 18.3 Å². The van der Waals surface area contributed by atoms with Crippen LogP contribution in [0.25, 0.3) is 6.08 Å². The second-order valence-electron chi connectivity index (χ2n) is 5.60. The molecule has 0 radical (unpaired) electrons. The maximum absolute atomic E-state index is 12.9. The van der Waals surface area contributed by atoms with E-state index in [0.717, 1.165) is 21.8 Å². The maximum Gasteiger partial charge on any atom is 0.335 e. The van der Waals surface area contributed by atoms with Crippen molar-refractivity contribution in [2.45, 2.75) is 0 Å². The fourth-order valence-electron chi connectivity index (χ4n) is 2.65. The number of ether oxygens (including phenoxy) is 2. The summed E-state index contributed by atoms with van der Waals surface area (Å²) in [5.41, 5.74) is 1.26. The van der Waals surface area contributed by atoms with E-state index >= 15 is 0 Å². The average Bonchev–Trinajstić information content (AvgIpc) is 3.19. The number of aromatic carboxylic acids is 1. The van der Waals surface area contributed by atoms with Crippen molar-refractivity contribution in [3.05, 3.63) is 56.9 Å². The molecule has 0 unspecified atom stereocenters. The van der Waals surface area contributed by atoms with Gasteiger partial charge in [-0.2, -0.15) is 0 Å². The lowest BCUT2D eigenvalue weighted by Crippen LogP contribution is -2.27. The lowest BCUT2D eigenvalue weighted by Gasteiger charge is -2.14. The minimum atomic E-state index is -1.07. The molecule has 0 atom stereocenters. The number of rotatable bonds is 3. The minimum Gasteiger partial charge on any atom is -0.478 e.